The first-order valence-corrected chi connectivity index (χ1v) is 5.88. The van der Waals surface area contributed by atoms with Crippen molar-refractivity contribution >= 4 is 16.0 Å². The molecule has 16 heavy (non-hydrogen) atoms. The van der Waals surface area contributed by atoms with Crippen LogP contribution in [0.5, 0.6) is 11.5 Å². The molecule has 0 unspecified atom stereocenters. The van der Waals surface area contributed by atoms with Gasteiger partial charge in [-0.25, -0.2) is 0 Å². The van der Waals surface area contributed by atoms with E-state index in [1.54, 1.807) is 12.1 Å². The van der Waals surface area contributed by atoms with Crippen LogP contribution in [0.3, 0.4) is 0 Å². The van der Waals surface area contributed by atoms with E-state index in [4.69, 9.17) is 9.88 Å². The third-order valence-electron chi connectivity index (χ3n) is 1.87. The molecule has 0 radical (unpaired) electrons. The largest absolute Gasteiger partial charge is 0.493 e. The quantitative estimate of drug-likeness (QED) is 0.828. The zero-order valence-electron chi connectivity index (χ0n) is 9.30. The first-order valence-electron chi connectivity index (χ1n) is 4.41. The molecule has 7 heteroatoms. The molecule has 0 heterocycles. The van der Waals surface area contributed by atoms with Gasteiger partial charge >= 0.3 is 10.3 Å². The van der Waals surface area contributed by atoms with Gasteiger partial charge in [0, 0.05) is 25.8 Å². The molecule has 0 aromatic heterocycles. The molecular formula is C9H14N2O4S. The number of benzene rings is 1. The Hall–Kier alpha value is -1.47. The second-order valence-electron chi connectivity index (χ2n) is 3.31. The molecule has 1 rings (SSSR count). The van der Waals surface area contributed by atoms with Gasteiger partial charge in [-0.2, -0.15) is 13.6 Å². The number of nitrogens with zero attached hydrogens (tertiary/aromatic N) is 1. The van der Waals surface area contributed by atoms with Crippen molar-refractivity contribution in [3.05, 3.63) is 18.2 Å². The molecule has 0 saturated heterocycles. The smallest absolute Gasteiger partial charge is 0.380 e. The lowest BCUT2D eigenvalue weighted by molar-refractivity contribution is 0.391. The fourth-order valence-electron chi connectivity index (χ4n) is 1.13. The molecule has 0 bridgehead atoms. The summed E-state index contributed by atoms with van der Waals surface area (Å²) in [6.07, 6.45) is 0. The first-order chi connectivity index (χ1) is 7.33. The molecule has 0 saturated carbocycles. The van der Waals surface area contributed by atoms with Crippen molar-refractivity contribution in [2.24, 2.45) is 5.14 Å². The number of ether oxygens (including phenoxy) is 1. The molecule has 90 valence electrons. The van der Waals surface area contributed by atoms with E-state index in [1.807, 2.05) is 19.0 Å². The van der Waals surface area contributed by atoms with E-state index in [9.17, 15) is 8.42 Å². The highest BCUT2D eigenvalue weighted by atomic mass is 32.2. The van der Waals surface area contributed by atoms with Crippen molar-refractivity contribution in [2.45, 2.75) is 0 Å². The van der Waals surface area contributed by atoms with Crippen LogP contribution in [0.15, 0.2) is 18.2 Å². The Morgan fingerprint density at radius 1 is 1.25 bits per heavy atom. The van der Waals surface area contributed by atoms with Crippen LogP contribution in [0.25, 0.3) is 0 Å². The molecule has 1 aromatic carbocycles. The monoisotopic (exact) mass is 246 g/mol. The summed E-state index contributed by atoms with van der Waals surface area (Å²) in [6.45, 7) is 0. The molecule has 0 aliphatic heterocycles. The molecule has 6 nitrogen and oxygen atoms in total. The van der Waals surface area contributed by atoms with Crippen molar-refractivity contribution in [3.8, 4) is 11.5 Å². The fourth-order valence-corrected chi connectivity index (χ4v) is 1.52. The van der Waals surface area contributed by atoms with Crippen molar-refractivity contribution in [1.82, 2.24) is 0 Å². The minimum Gasteiger partial charge on any atom is -0.493 e. The first kappa shape index (κ1) is 12.6. The Morgan fingerprint density at radius 2 is 1.88 bits per heavy atom. The predicted octanol–water partition coefficient (Wildman–Crippen LogP) is 0.344. The van der Waals surface area contributed by atoms with Crippen LogP contribution in [0.1, 0.15) is 0 Å². The molecule has 2 N–H and O–H groups in total. The highest BCUT2D eigenvalue weighted by molar-refractivity contribution is 7.84. The maximum Gasteiger partial charge on any atom is 0.380 e. The number of nitrogens with two attached hydrogens (primary N) is 1. The summed E-state index contributed by atoms with van der Waals surface area (Å²) in [7, 11) is 1.10. The van der Waals surface area contributed by atoms with Crippen LogP contribution < -0.4 is 19.0 Å². The number of methoxy groups -OCH3 is 1. The lowest BCUT2D eigenvalue weighted by atomic mass is 10.2. The fraction of sp³-hybridized carbons (Fsp3) is 0.333. The van der Waals surface area contributed by atoms with E-state index in [1.165, 1.54) is 13.2 Å². The van der Waals surface area contributed by atoms with E-state index < -0.39 is 10.3 Å². The number of hydrogen-bond donors (Lipinski definition) is 1. The molecule has 0 aliphatic rings. The van der Waals surface area contributed by atoms with Crippen LogP contribution >= 0.6 is 0 Å². The van der Waals surface area contributed by atoms with E-state index in [2.05, 4.69) is 4.18 Å². The van der Waals surface area contributed by atoms with Gasteiger partial charge in [-0.15, -0.1) is 0 Å². The van der Waals surface area contributed by atoms with Crippen LogP contribution in [-0.4, -0.2) is 29.6 Å². The van der Waals surface area contributed by atoms with Gasteiger partial charge in [-0.3, -0.25) is 0 Å². The van der Waals surface area contributed by atoms with Crippen LogP contribution in [0.4, 0.5) is 5.69 Å². The predicted molar refractivity (Wildman–Crippen MR) is 61.1 cm³/mol. The lowest BCUT2D eigenvalue weighted by Gasteiger charge is -2.15. The van der Waals surface area contributed by atoms with Gasteiger partial charge in [0.1, 0.15) is 0 Å². The Bertz CT molecular complexity index is 470. The summed E-state index contributed by atoms with van der Waals surface area (Å²) in [6, 6.07) is 4.84. The minimum absolute atomic E-state index is 0.0654. The average molecular weight is 246 g/mol. The highest BCUT2D eigenvalue weighted by Crippen LogP contribution is 2.31. The lowest BCUT2D eigenvalue weighted by Crippen LogP contribution is -2.19. The Kier molecular flexibility index (Phi) is 3.61. The minimum atomic E-state index is -4.04. The average Bonchev–Trinajstić information content (AvgIpc) is 2.15. The van der Waals surface area contributed by atoms with Crippen LogP contribution in [0.2, 0.25) is 0 Å². The van der Waals surface area contributed by atoms with Crippen molar-refractivity contribution in [3.63, 3.8) is 0 Å². The molecule has 0 fully saturated rings. The molecule has 0 atom stereocenters. The van der Waals surface area contributed by atoms with Crippen molar-refractivity contribution < 1.29 is 17.3 Å². The number of anilines is 1. The van der Waals surface area contributed by atoms with E-state index in [0.29, 0.717) is 5.75 Å². The number of hydrogen-bond acceptors (Lipinski definition) is 5. The zero-order chi connectivity index (χ0) is 12.3. The number of rotatable bonds is 4. The van der Waals surface area contributed by atoms with Gasteiger partial charge in [0.25, 0.3) is 0 Å². The second kappa shape index (κ2) is 4.58. The zero-order valence-corrected chi connectivity index (χ0v) is 10.1. The Labute approximate surface area is 94.8 Å². The molecule has 0 amide bonds. The Morgan fingerprint density at radius 3 is 2.31 bits per heavy atom. The van der Waals surface area contributed by atoms with Gasteiger partial charge in [0.05, 0.1) is 7.11 Å². The standard InChI is InChI=1S/C9H14N2O4S/c1-11(2)7-4-5-8(9(6-7)14-3)15-16(10,12)13/h4-6H,1-3H3,(H2,10,12,13). The highest BCUT2D eigenvalue weighted by Gasteiger charge is 2.12. The summed E-state index contributed by atoms with van der Waals surface area (Å²) < 4.78 is 31.1. The maximum absolute atomic E-state index is 10.8. The maximum atomic E-state index is 10.8. The van der Waals surface area contributed by atoms with E-state index in [-0.39, 0.29) is 5.75 Å². The Balaban J connectivity index is 3.12. The van der Waals surface area contributed by atoms with Crippen LogP contribution in [-0.2, 0) is 10.3 Å². The van der Waals surface area contributed by atoms with E-state index >= 15 is 0 Å². The van der Waals surface area contributed by atoms with Gasteiger partial charge in [0.15, 0.2) is 11.5 Å². The topological polar surface area (TPSA) is 81.9 Å². The molecule has 0 aliphatic carbocycles. The molecule has 1 aromatic rings. The summed E-state index contributed by atoms with van der Waals surface area (Å²) in [5, 5.41) is 4.77. The summed E-state index contributed by atoms with van der Waals surface area (Å²) in [5.41, 5.74) is 0.860. The van der Waals surface area contributed by atoms with Crippen LogP contribution in [0, 0.1) is 0 Å². The van der Waals surface area contributed by atoms with E-state index in [0.717, 1.165) is 5.69 Å². The summed E-state index contributed by atoms with van der Waals surface area (Å²) in [5.74, 6) is 0.371. The van der Waals surface area contributed by atoms with Gasteiger partial charge in [-0.1, -0.05) is 0 Å². The second-order valence-corrected chi connectivity index (χ2v) is 4.46. The van der Waals surface area contributed by atoms with Gasteiger partial charge < -0.3 is 13.8 Å². The normalized spacial score (nSPS) is 11.0. The summed E-state index contributed by atoms with van der Waals surface area (Å²) >= 11 is 0. The molecular weight excluding hydrogens is 232 g/mol. The third-order valence-corrected chi connectivity index (χ3v) is 2.28. The van der Waals surface area contributed by atoms with Gasteiger partial charge in [0.2, 0.25) is 0 Å². The van der Waals surface area contributed by atoms with Crippen molar-refractivity contribution in [2.75, 3.05) is 26.1 Å². The van der Waals surface area contributed by atoms with Crippen molar-refractivity contribution in [1.29, 1.82) is 0 Å². The summed E-state index contributed by atoms with van der Waals surface area (Å²) in [4.78, 5) is 1.85. The third kappa shape index (κ3) is 3.28. The SMILES string of the molecule is COc1cc(N(C)C)ccc1OS(N)(=O)=O. The molecule has 0 spiro atoms. The van der Waals surface area contributed by atoms with Gasteiger partial charge in [-0.05, 0) is 12.1 Å².